The fourth-order valence-corrected chi connectivity index (χ4v) is 3.30. The summed E-state index contributed by atoms with van der Waals surface area (Å²) in [7, 11) is -3.76. The van der Waals surface area contributed by atoms with Crippen LogP contribution in [0, 0.1) is 13.8 Å². The quantitative estimate of drug-likeness (QED) is 0.913. The SMILES string of the molecule is Cc1nn(-c2ccccc2Br)c(C)c1S(N)(=O)=O. The van der Waals surface area contributed by atoms with Crippen LogP contribution in [-0.2, 0) is 10.0 Å². The highest BCUT2D eigenvalue weighted by atomic mass is 79.9. The van der Waals surface area contributed by atoms with Gasteiger partial charge < -0.3 is 0 Å². The molecular formula is C11H12BrN3O2S. The highest BCUT2D eigenvalue weighted by molar-refractivity contribution is 9.10. The van der Waals surface area contributed by atoms with Crippen molar-refractivity contribution in [3.63, 3.8) is 0 Å². The molecule has 0 radical (unpaired) electrons. The second-order valence-corrected chi connectivity index (χ2v) is 6.26. The predicted octanol–water partition coefficient (Wildman–Crippen LogP) is 1.90. The molecule has 0 spiro atoms. The van der Waals surface area contributed by atoms with Gasteiger partial charge in [0.15, 0.2) is 0 Å². The zero-order valence-electron chi connectivity index (χ0n) is 9.88. The van der Waals surface area contributed by atoms with E-state index in [9.17, 15) is 8.42 Å². The summed E-state index contributed by atoms with van der Waals surface area (Å²) in [6.45, 7) is 3.30. The molecule has 0 bridgehead atoms. The van der Waals surface area contributed by atoms with Crippen molar-refractivity contribution >= 4 is 26.0 Å². The first kappa shape index (κ1) is 13.3. The molecule has 2 N–H and O–H groups in total. The maximum atomic E-state index is 11.5. The zero-order valence-corrected chi connectivity index (χ0v) is 12.3. The van der Waals surface area contributed by atoms with Crippen molar-refractivity contribution in [2.24, 2.45) is 5.14 Å². The van der Waals surface area contributed by atoms with Crippen LogP contribution in [0.3, 0.4) is 0 Å². The van der Waals surface area contributed by atoms with Gasteiger partial charge in [-0.1, -0.05) is 12.1 Å². The summed E-state index contributed by atoms with van der Waals surface area (Å²) in [4.78, 5) is 0.0817. The number of aryl methyl sites for hydroxylation is 1. The molecule has 96 valence electrons. The molecule has 2 rings (SSSR count). The van der Waals surface area contributed by atoms with E-state index in [2.05, 4.69) is 21.0 Å². The van der Waals surface area contributed by atoms with Gasteiger partial charge in [0.2, 0.25) is 10.0 Å². The number of rotatable bonds is 2. The van der Waals surface area contributed by atoms with Crippen LogP contribution in [0.25, 0.3) is 5.69 Å². The van der Waals surface area contributed by atoms with Gasteiger partial charge in [-0.15, -0.1) is 0 Å². The van der Waals surface area contributed by atoms with Crippen molar-refractivity contribution in [3.05, 3.63) is 40.1 Å². The number of nitrogens with zero attached hydrogens (tertiary/aromatic N) is 2. The highest BCUT2D eigenvalue weighted by Crippen LogP contribution is 2.25. The molecule has 1 aromatic heterocycles. The zero-order chi connectivity index (χ0) is 13.5. The van der Waals surface area contributed by atoms with Crippen LogP contribution < -0.4 is 5.14 Å². The number of hydrogen-bond acceptors (Lipinski definition) is 3. The lowest BCUT2D eigenvalue weighted by Gasteiger charge is -2.06. The van der Waals surface area contributed by atoms with Gasteiger partial charge in [-0.3, -0.25) is 0 Å². The molecule has 0 aliphatic heterocycles. The topological polar surface area (TPSA) is 78.0 Å². The number of sulfonamides is 1. The number of nitrogens with two attached hydrogens (primary N) is 1. The Hall–Kier alpha value is -1.18. The molecule has 5 nitrogen and oxygen atoms in total. The minimum Gasteiger partial charge on any atom is -0.235 e. The van der Waals surface area contributed by atoms with Crippen LogP contribution in [0.15, 0.2) is 33.6 Å². The molecule has 1 heterocycles. The normalized spacial score (nSPS) is 11.8. The second-order valence-electron chi connectivity index (χ2n) is 3.91. The van der Waals surface area contributed by atoms with Gasteiger partial charge in [-0.2, -0.15) is 5.10 Å². The summed E-state index contributed by atoms with van der Waals surface area (Å²) >= 11 is 3.41. The number of primary sulfonamides is 1. The first-order valence-corrected chi connectivity index (χ1v) is 7.50. The molecule has 0 unspecified atom stereocenters. The largest absolute Gasteiger partial charge is 0.241 e. The van der Waals surface area contributed by atoms with E-state index in [4.69, 9.17) is 5.14 Å². The minimum absolute atomic E-state index is 0.0817. The molecular weight excluding hydrogens is 318 g/mol. The van der Waals surface area contributed by atoms with Gasteiger partial charge in [0.25, 0.3) is 0 Å². The molecule has 0 fully saturated rings. The van der Waals surface area contributed by atoms with Crippen LogP contribution >= 0.6 is 15.9 Å². The maximum Gasteiger partial charge on any atom is 0.241 e. The standard InChI is InChI=1S/C11H12BrN3O2S/c1-7-11(18(13,16)17)8(2)15(14-7)10-6-4-3-5-9(10)12/h3-6H,1-2H3,(H2,13,16,17). The summed E-state index contributed by atoms with van der Waals surface area (Å²) < 4.78 is 25.4. The van der Waals surface area contributed by atoms with Crippen LogP contribution in [-0.4, -0.2) is 18.2 Å². The first-order chi connectivity index (χ1) is 8.32. The minimum atomic E-state index is -3.76. The van der Waals surface area contributed by atoms with E-state index >= 15 is 0 Å². The van der Waals surface area contributed by atoms with E-state index in [1.807, 2.05) is 24.3 Å². The lowest BCUT2D eigenvalue weighted by atomic mass is 10.3. The molecule has 0 atom stereocenters. The molecule has 0 saturated heterocycles. The lowest BCUT2D eigenvalue weighted by Crippen LogP contribution is -2.14. The lowest BCUT2D eigenvalue weighted by molar-refractivity contribution is 0.596. The summed E-state index contributed by atoms with van der Waals surface area (Å²) in [5, 5.41) is 9.43. The van der Waals surface area contributed by atoms with E-state index in [0.29, 0.717) is 11.4 Å². The molecule has 18 heavy (non-hydrogen) atoms. The van der Waals surface area contributed by atoms with Gasteiger partial charge >= 0.3 is 0 Å². The molecule has 0 aliphatic carbocycles. The molecule has 0 amide bonds. The van der Waals surface area contributed by atoms with Gasteiger partial charge in [0.05, 0.1) is 17.1 Å². The van der Waals surface area contributed by atoms with Crippen molar-refractivity contribution in [2.45, 2.75) is 18.7 Å². The number of halogens is 1. The number of hydrogen-bond donors (Lipinski definition) is 1. The van der Waals surface area contributed by atoms with Crippen LogP contribution in [0.4, 0.5) is 0 Å². The van der Waals surface area contributed by atoms with E-state index < -0.39 is 10.0 Å². The van der Waals surface area contributed by atoms with Gasteiger partial charge in [-0.25, -0.2) is 18.2 Å². The van der Waals surface area contributed by atoms with Gasteiger partial charge in [-0.05, 0) is 41.9 Å². The van der Waals surface area contributed by atoms with Crippen LogP contribution in [0.2, 0.25) is 0 Å². The van der Waals surface area contributed by atoms with Crippen molar-refractivity contribution in [1.82, 2.24) is 9.78 Å². The Morgan fingerprint density at radius 3 is 2.39 bits per heavy atom. The Morgan fingerprint density at radius 1 is 1.28 bits per heavy atom. The van der Waals surface area contributed by atoms with Crippen molar-refractivity contribution in [1.29, 1.82) is 0 Å². The van der Waals surface area contributed by atoms with E-state index in [1.54, 1.807) is 18.5 Å². The van der Waals surface area contributed by atoms with Crippen molar-refractivity contribution in [3.8, 4) is 5.69 Å². The van der Waals surface area contributed by atoms with E-state index in [1.165, 1.54) is 0 Å². The Kier molecular flexibility index (Phi) is 3.31. The van der Waals surface area contributed by atoms with Crippen molar-refractivity contribution < 1.29 is 8.42 Å². The molecule has 2 aromatic rings. The van der Waals surface area contributed by atoms with E-state index in [-0.39, 0.29) is 4.90 Å². The summed E-state index contributed by atoms with van der Waals surface area (Å²) in [6, 6.07) is 7.44. The van der Waals surface area contributed by atoms with Crippen LogP contribution in [0.1, 0.15) is 11.4 Å². The third kappa shape index (κ3) is 2.21. The maximum absolute atomic E-state index is 11.5. The number of benzene rings is 1. The van der Waals surface area contributed by atoms with Gasteiger partial charge in [0, 0.05) is 4.47 Å². The fraction of sp³-hybridized carbons (Fsp3) is 0.182. The first-order valence-electron chi connectivity index (χ1n) is 5.16. The van der Waals surface area contributed by atoms with Crippen LogP contribution in [0.5, 0.6) is 0 Å². The predicted molar refractivity (Wildman–Crippen MR) is 72.1 cm³/mol. The third-order valence-electron chi connectivity index (χ3n) is 2.59. The Labute approximate surface area is 114 Å². The Balaban J connectivity index is 2.74. The number of aromatic nitrogens is 2. The molecule has 0 saturated carbocycles. The van der Waals surface area contributed by atoms with E-state index in [0.717, 1.165) is 10.2 Å². The van der Waals surface area contributed by atoms with Crippen molar-refractivity contribution in [2.75, 3.05) is 0 Å². The molecule has 0 aliphatic rings. The fourth-order valence-electron chi connectivity index (χ4n) is 1.90. The number of para-hydroxylation sites is 1. The average molecular weight is 330 g/mol. The Morgan fingerprint density at radius 2 is 1.89 bits per heavy atom. The summed E-state index contributed by atoms with van der Waals surface area (Å²) in [6.07, 6.45) is 0. The third-order valence-corrected chi connectivity index (χ3v) is 4.42. The van der Waals surface area contributed by atoms with Gasteiger partial charge in [0.1, 0.15) is 4.90 Å². The second kappa shape index (κ2) is 4.49. The smallest absolute Gasteiger partial charge is 0.235 e. The summed E-state index contributed by atoms with van der Waals surface area (Å²) in [5.41, 5.74) is 1.67. The molecule has 7 heteroatoms. The average Bonchev–Trinajstić information content (AvgIpc) is 2.54. The monoisotopic (exact) mass is 329 g/mol. The highest BCUT2D eigenvalue weighted by Gasteiger charge is 2.22. The molecule has 1 aromatic carbocycles. The summed E-state index contributed by atoms with van der Waals surface area (Å²) in [5.74, 6) is 0. The Bertz CT molecular complexity index is 707.